The fourth-order valence-electron chi connectivity index (χ4n) is 2.73. The Labute approximate surface area is 160 Å². The molecule has 8 heteroatoms. The first-order valence-corrected chi connectivity index (χ1v) is 8.81. The topological polar surface area (TPSA) is 86.9 Å². The number of aromatic amines is 1. The number of likely N-dealkylation sites (N-methyl/N-ethyl adjacent to an activating group) is 1. The largest absolute Gasteiger partial charge is 0.355 e. The minimum Gasteiger partial charge on any atom is -0.355 e. The molecule has 27 heavy (non-hydrogen) atoms. The molecule has 0 bridgehead atoms. The van der Waals surface area contributed by atoms with Gasteiger partial charge < -0.3 is 15.6 Å². The Hall–Kier alpha value is -2.93. The van der Waals surface area contributed by atoms with Crippen molar-refractivity contribution in [2.75, 3.05) is 6.54 Å². The summed E-state index contributed by atoms with van der Waals surface area (Å²) < 4.78 is 13.1. The molecule has 6 nitrogen and oxygen atoms in total. The van der Waals surface area contributed by atoms with Gasteiger partial charge in [0.25, 0.3) is 5.91 Å². The van der Waals surface area contributed by atoms with Crippen molar-refractivity contribution in [3.05, 3.63) is 64.8 Å². The molecule has 0 fully saturated rings. The van der Waals surface area contributed by atoms with E-state index in [2.05, 4.69) is 20.6 Å². The van der Waals surface area contributed by atoms with Crippen LogP contribution in [0.3, 0.4) is 0 Å². The van der Waals surface area contributed by atoms with Crippen LogP contribution in [-0.4, -0.2) is 34.4 Å². The Balaban J connectivity index is 1.79. The highest BCUT2D eigenvalue weighted by atomic mass is 35.5. The Morgan fingerprint density at radius 1 is 1.26 bits per heavy atom. The second-order valence-corrected chi connectivity index (χ2v) is 6.42. The van der Waals surface area contributed by atoms with Crippen molar-refractivity contribution < 1.29 is 14.0 Å². The van der Waals surface area contributed by atoms with Crippen LogP contribution < -0.4 is 10.6 Å². The van der Waals surface area contributed by atoms with Gasteiger partial charge in [0.05, 0.1) is 11.7 Å². The molecular formula is C19H18ClFN4O2. The van der Waals surface area contributed by atoms with E-state index < -0.39 is 11.9 Å². The number of carbonyl (C=O) groups is 2. The van der Waals surface area contributed by atoms with Crippen LogP contribution in [0.4, 0.5) is 4.39 Å². The van der Waals surface area contributed by atoms with Crippen molar-refractivity contribution in [3.63, 3.8) is 0 Å². The molecule has 0 unspecified atom stereocenters. The van der Waals surface area contributed by atoms with Crippen LogP contribution in [0, 0.1) is 5.82 Å². The molecule has 0 aliphatic rings. The monoisotopic (exact) mass is 388 g/mol. The molecule has 2 amide bonds. The van der Waals surface area contributed by atoms with Crippen LogP contribution in [-0.2, 0) is 11.2 Å². The van der Waals surface area contributed by atoms with E-state index in [0.29, 0.717) is 22.9 Å². The van der Waals surface area contributed by atoms with Crippen LogP contribution in [0.5, 0.6) is 0 Å². The van der Waals surface area contributed by atoms with E-state index in [1.165, 1.54) is 18.3 Å². The highest BCUT2D eigenvalue weighted by Crippen LogP contribution is 2.18. The Kier molecular flexibility index (Phi) is 5.71. The lowest BCUT2D eigenvalue weighted by atomic mass is 10.0. The number of fused-ring (bicyclic) bond motifs is 1. The molecule has 0 saturated heterocycles. The predicted molar refractivity (Wildman–Crippen MR) is 101 cm³/mol. The second kappa shape index (κ2) is 8.18. The van der Waals surface area contributed by atoms with Gasteiger partial charge in [-0.25, -0.2) is 9.37 Å². The smallest absolute Gasteiger partial charge is 0.268 e. The predicted octanol–water partition coefficient (Wildman–Crippen LogP) is 2.83. The molecule has 0 aliphatic carbocycles. The van der Waals surface area contributed by atoms with Gasteiger partial charge in [-0.1, -0.05) is 23.7 Å². The summed E-state index contributed by atoms with van der Waals surface area (Å²) >= 11 is 5.86. The Bertz CT molecular complexity index is 972. The van der Waals surface area contributed by atoms with E-state index in [-0.39, 0.29) is 18.1 Å². The van der Waals surface area contributed by atoms with Gasteiger partial charge in [0, 0.05) is 18.4 Å². The minimum atomic E-state index is -0.795. The van der Waals surface area contributed by atoms with Crippen LogP contribution >= 0.6 is 11.6 Å². The van der Waals surface area contributed by atoms with E-state index in [1.807, 2.05) is 0 Å². The Morgan fingerprint density at radius 2 is 2.00 bits per heavy atom. The van der Waals surface area contributed by atoms with E-state index in [1.54, 1.807) is 31.2 Å². The summed E-state index contributed by atoms with van der Waals surface area (Å²) in [5.41, 5.74) is 1.70. The van der Waals surface area contributed by atoms with E-state index in [0.717, 1.165) is 10.9 Å². The van der Waals surface area contributed by atoms with Crippen molar-refractivity contribution in [3.8, 4) is 0 Å². The van der Waals surface area contributed by atoms with Gasteiger partial charge in [-0.2, -0.15) is 0 Å². The summed E-state index contributed by atoms with van der Waals surface area (Å²) in [5.74, 6) is -1.10. The van der Waals surface area contributed by atoms with Crippen molar-refractivity contribution in [1.82, 2.24) is 20.6 Å². The number of nitrogens with zero attached hydrogens (tertiary/aromatic N) is 1. The number of benzene rings is 1. The van der Waals surface area contributed by atoms with Crippen molar-refractivity contribution in [1.29, 1.82) is 0 Å². The summed E-state index contributed by atoms with van der Waals surface area (Å²) in [4.78, 5) is 31.9. The van der Waals surface area contributed by atoms with Crippen molar-refractivity contribution in [2.45, 2.75) is 19.4 Å². The molecule has 0 radical (unpaired) electrons. The first kappa shape index (κ1) is 18.8. The molecular weight excluding hydrogens is 371 g/mol. The quantitative estimate of drug-likeness (QED) is 0.567. The van der Waals surface area contributed by atoms with Crippen LogP contribution in [0.2, 0.25) is 5.15 Å². The van der Waals surface area contributed by atoms with Crippen molar-refractivity contribution >= 4 is 34.3 Å². The first-order valence-electron chi connectivity index (χ1n) is 8.43. The van der Waals surface area contributed by atoms with Gasteiger partial charge in [-0.3, -0.25) is 9.59 Å². The molecule has 2 aromatic heterocycles. The molecule has 3 aromatic rings. The number of pyridine rings is 1. The van der Waals surface area contributed by atoms with Crippen LogP contribution in [0.25, 0.3) is 10.9 Å². The summed E-state index contributed by atoms with van der Waals surface area (Å²) in [6.45, 7) is 2.23. The standard InChI is InChI=1S/C19H18ClFN4O2/c1-2-22-18(26)14(7-11-3-5-13(21)6-4-11)25-19(27)15-8-12-9-17(20)23-10-16(12)24-15/h3-6,8-10,14,24H,2,7H2,1H3,(H,22,26)(H,25,27)/t14-/m0/s1. The number of H-pyrrole nitrogens is 1. The van der Waals surface area contributed by atoms with Crippen LogP contribution in [0.1, 0.15) is 23.0 Å². The number of hydrogen-bond acceptors (Lipinski definition) is 3. The fourth-order valence-corrected chi connectivity index (χ4v) is 2.89. The summed E-state index contributed by atoms with van der Waals surface area (Å²) in [5, 5.41) is 6.50. The van der Waals surface area contributed by atoms with Gasteiger partial charge in [0.15, 0.2) is 0 Å². The molecule has 0 spiro atoms. The van der Waals surface area contributed by atoms with Crippen LogP contribution in [0.15, 0.2) is 42.6 Å². The second-order valence-electron chi connectivity index (χ2n) is 6.03. The summed E-state index contributed by atoms with van der Waals surface area (Å²) in [7, 11) is 0. The fraction of sp³-hybridized carbons (Fsp3) is 0.211. The first-order chi connectivity index (χ1) is 13.0. The van der Waals surface area contributed by atoms with Gasteiger partial charge in [-0.05, 0) is 36.8 Å². The average molecular weight is 389 g/mol. The molecule has 140 valence electrons. The van der Waals surface area contributed by atoms with Crippen molar-refractivity contribution in [2.24, 2.45) is 0 Å². The maximum atomic E-state index is 13.1. The molecule has 3 N–H and O–H groups in total. The normalized spacial score (nSPS) is 12.0. The third-order valence-corrected chi connectivity index (χ3v) is 4.25. The number of nitrogens with one attached hydrogen (secondary N) is 3. The lowest BCUT2D eigenvalue weighted by Gasteiger charge is -2.18. The number of rotatable bonds is 6. The summed E-state index contributed by atoms with van der Waals surface area (Å²) in [6.07, 6.45) is 1.78. The zero-order valence-electron chi connectivity index (χ0n) is 14.6. The Morgan fingerprint density at radius 3 is 2.70 bits per heavy atom. The minimum absolute atomic E-state index is 0.242. The highest BCUT2D eigenvalue weighted by Gasteiger charge is 2.22. The van der Waals surface area contributed by atoms with Gasteiger partial charge >= 0.3 is 0 Å². The number of halogens is 2. The zero-order valence-corrected chi connectivity index (χ0v) is 15.3. The third kappa shape index (κ3) is 4.62. The summed E-state index contributed by atoms with van der Waals surface area (Å²) in [6, 6.07) is 8.31. The third-order valence-electron chi connectivity index (χ3n) is 4.04. The molecule has 0 aliphatic heterocycles. The van der Waals surface area contributed by atoms with E-state index in [9.17, 15) is 14.0 Å². The van der Waals surface area contributed by atoms with Gasteiger partial charge in [0.1, 0.15) is 22.7 Å². The molecule has 3 rings (SSSR count). The number of amides is 2. The number of aromatic nitrogens is 2. The van der Waals surface area contributed by atoms with E-state index >= 15 is 0 Å². The SMILES string of the molecule is CCNC(=O)[C@H](Cc1ccc(F)cc1)NC(=O)c1cc2cc(Cl)ncc2[nH]1. The lowest BCUT2D eigenvalue weighted by molar-refractivity contribution is -0.122. The zero-order chi connectivity index (χ0) is 19.4. The molecule has 2 heterocycles. The maximum absolute atomic E-state index is 13.1. The van der Waals surface area contributed by atoms with Gasteiger partial charge in [0.2, 0.25) is 5.91 Å². The lowest BCUT2D eigenvalue weighted by Crippen LogP contribution is -2.48. The number of hydrogen-bond donors (Lipinski definition) is 3. The molecule has 1 aromatic carbocycles. The average Bonchev–Trinajstić information content (AvgIpc) is 3.06. The van der Waals surface area contributed by atoms with E-state index in [4.69, 9.17) is 11.6 Å². The maximum Gasteiger partial charge on any atom is 0.268 e. The number of carbonyl (C=O) groups excluding carboxylic acids is 2. The molecule has 0 saturated carbocycles. The molecule has 1 atom stereocenters. The highest BCUT2D eigenvalue weighted by molar-refractivity contribution is 6.30. The van der Waals surface area contributed by atoms with Gasteiger partial charge in [-0.15, -0.1) is 0 Å².